The van der Waals surface area contributed by atoms with Crippen LogP contribution in [-0.2, 0) is 16.6 Å². The number of carbonyl (C=O) groups excluding carboxylic acids is 1. The van der Waals surface area contributed by atoms with Gasteiger partial charge in [-0.15, -0.1) is 11.3 Å². The summed E-state index contributed by atoms with van der Waals surface area (Å²) in [4.78, 5) is 17.4. The van der Waals surface area contributed by atoms with Gasteiger partial charge in [0.05, 0.1) is 28.4 Å². The van der Waals surface area contributed by atoms with Crippen LogP contribution in [0.4, 0.5) is 5.69 Å². The highest BCUT2D eigenvalue weighted by molar-refractivity contribution is 7.89. The molecule has 1 heterocycles. The number of nitrogens with zero attached hydrogens (tertiary/aromatic N) is 2. The lowest BCUT2D eigenvalue weighted by Crippen LogP contribution is -2.30. The normalized spacial score (nSPS) is 11.4. The number of anilines is 1. The Balaban J connectivity index is 1.80. The van der Waals surface area contributed by atoms with Crippen molar-refractivity contribution < 1.29 is 22.7 Å². The number of ether oxygens (including phenoxy) is 2. The van der Waals surface area contributed by atoms with E-state index < -0.39 is 15.9 Å². The smallest absolute Gasteiger partial charge is 0.255 e. The molecule has 0 aliphatic carbocycles. The molecular weight excluding hydrogens is 462 g/mol. The Labute approximate surface area is 198 Å². The summed E-state index contributed by atoms with van der Waals surface area (Å²) in [6, 6.07) is 11.2. The number of sulfonamides is 1. The van der Waals surface area contributed by atoms with Gasteiger partial charge < -0.3 is 14.8 Å². The van der Waals surface area contributed by atoms with E-state index >= 15 is 0 Å². The summed E-state index contributed by atoms with van der Waals surface area (Å²) in [5.41, 5.74) is 1.45. The number of carbonyl (C=O) groups is 1. The lowest BCUT2D eigenvalue weighted by molar-refractivity contribution is 0.102. The van der Waals surface area contributed by atoms with Crippen molar-refractivity contribution in [3.8, 4) is 11.5 Å². The number of amides is 1. The maximum Gasteiger partial charge on any atom is 0.255 e. The largest absolute Gasteiger partial charge is 0.495 e. The molecule has 0 aliphatic heterocycles. The molecule has 1 aromatic heterocycles. The number of benzene rings is 2. The van der Waals surface area contributed by atoms with Crippen LogP contribution in [0, 0.1) is 6.92 Å². The van der Waals surface area contributed by atoms with Gasteiger partial charge in [0.15, 0.2) is 0 Å². The first-order valence-electron chi connectivity index (χ1n) is 10.4. The van der Waals surface area contributed by atoms with Gasteiger partial charge in [0.1, 0.15) is 18.1 Å². The molecule has 0 unspecified atom stereocenters. The van der Waals surface area contributed by atoms with Gasteiger partial charge in [0, 0.05) is 24.0 Å². The third-order valence-corrected chi connectivity index (χ3v) is 7.78. The quantitative estimate of drug-likeness (QED) is 0.455. The maximum atomic E-state index is 12.9. The van der Waals surface area contributed by atoms with Gasteiger partial charge in [0.25, 0.3) is 5.91 Å². The molecule has 3 aromatic rings. The average Bonchev–Trinajstić information content (AvgIpc) is 3.23. The van der Waals surface area contributed by atoms with E-state index in [1.807, 2.05) is 12.3 Å². The summed E-state index contributed by atoms with van der Waals surface area (Å²) in [5, 5.41) is 5.64. The molecule has 0 saturated heterocycles. The van der Waals surface area contributed by atoms with E-state index in [-0.39, 0.29) is 10.6 Å². The van der Waals surface area contributed by atoms with Gasteiger partial charge in [0.2, 0.25) is 10.0 Å². The van der Waals surface area contributed by atoms with Crippen LogP contribution in [0.15, 0.2) is 52.7 Å². The Hall–Kier alpha value is -2.95. The summed E-state index contributed by atoms with van der Waals surface area (Å²) >= 11 is 1.55. The van der Waals surface area contributed by atoms with Gasteiger partial charge >= 0.3 is 0 Å². The van der Waals surface area contributed by atoms with E-state index in [1.54, 1.807) is 49.4 Å². The predicted octanol–water partition coefficient (Wildman–Crippen LogP) is 4.32. The van der Waals surface area contributed by atoms with Crippen molar-refractivity contribution in [3.63, 3.8) is 0 Å². The van der Waals surface area contributed by atoms with Crippen molar-refractivity contribution in [1.82, 2.24) is 9.29 Å². The van der Waals surface area contributed by atoms with E-state index in [4.69, 9.17) is 9.47 Å². The lowest BCUT2D eigenvalue weighted by atomic mass is 10.2. The molecule has 0 saturated carbocycles. The molecule has 0 radical (unpaired) electrons. The van der Waals surface area contributed by atoms with Gasteiger partial charge in [-0.2, -0.15) is 4.31 Å². The minimum atomic E-state index is -3.69. The third-order valence-electron chi connectivity index (χ3n) is 4.91. The lowest BCUT2D eigenvalue weighted by Gasteiger charge is -2.19. The van der Waals surface area contributed by atoms with E-state index in [2.05, 4.69) is 10.3 Å². The monoisotopic (exact) mass is 489 g/mol. The van der Waals surface area contributed by atoms with Gasteiger partial charge in [-0.3, -0.25) is 4.79 Å². The number of nitrogens with one attached hydrogen (secondary N) is 1. The van der Waals surface area contributed by atoms with E-state index in [9.17, 15) is 13.2 Å². The second kappa shape index (κ2) is 10.8. The highest BCUT2D eigenvalue weighted by atomic mass is 32.2. The number of aromatic nitrogens is 1. The molecule has 0 atom stereocenters. The van der Waals surface area contributed by atoms with Crippen molar-refractivity contribution >= 4 is 33.0 Å². The molecule has 3 rings (SSSR count). The molecule has 33 heavy (non-hydrogen) atoms. The van der Waals surface area contributed by atoms with Crippen LogP contribution in [0.5, 0.6) is 11.5 Å². The van der Waals surface area contributed by atoms with Crippen LogP contribution in [0.25, 0.3) is 0 Å². The average molecular weight is 490 g/mol. The number of methoxy groups -OCH3 is 1. The number of hydrogen-bond donors (Lipinski definition) is 1. The molecule has 2 aromatic carbocycles. The Bertz CT molecular complexity index is 1220. The first-order valence-corrected chi connectivity index (χ1v) is 12.7. The van der Waals surface area contributed by atoms with Crippen LogP contribution in [-0.4, -0.2) is 43.8 Å². The van der Waals surface area contributed by atoms with Crippen LogP contribution >= 0.6 is 11.3 Å². The zero-order chi connectivity index (χ0) is 24.0. The SMILES string of the molecule is CCN(CC)S(=O)(=O)c1ccc(OC)c(NC(=O)c2cccc(OCc3csc(C)n3)c2)c1. The van der Waals surface area contributed by atoms with E-state index in [1.165, 1.54) is 29.6 Å². The molecule has 0 spiro atoms. The second-order valence-electron chi connectivity index (χ2n) is 7.08. The number of hydrogen-bond acceptors (Lipinski definition) is 7. The van der Waals surface area contributed by atoms with Gasteiger partial charge in [-0.25, -0.2) is 13.4 Å². The summed E-state index contributed by atoms with van der Waals surface area (Å²) in [5.74, 6) is 0.465. The third kappa shape index (κ3) is 5.89. The van der Waals surface area contributed by atoms with Crippen LogP contribution in [0.1, 0.15) is 34.9 Å². The number of aryl methyl sites for hydroxylation is 1. The van der Waals surface area contributed by atoms with Crippen molar-refractivity contribution in [2.45, 2.75) is 32.3 Å². The summed E-state index contributed by atoms with van der Waals surface area (Å²) in [6.45, 7) is 6.47. The highest BCUT2D eigenvalue weighted by Crippen LogP contribution is 2.29. The summed E-state index contributed by atoms with van der Waals surface area (Å²) in [7, 11) is -2.23. The molecule has 8 nitrogen and oxygen atoms in total. The summed E-state index contributed by atoms with van der Waals surface area (Å²) in [6.07, 6.45) is 0. The first-order chi connectivity index (χ1) is 15.8. The molecule has 1 N–H and O–H groups in total. The molecule has 0 aliphatic rings. The standard InChI is InChI=1S/C23H27N3O5S2/c1-5-26(6-2)33(28,29)20-10-11-22(30-4)21(13-20)25-23(27)17-8-7-9-19(12-17)31-14-18-15-32-16(3)24-18/h7-13,15H,5-6,14H2,1-4H3,(H,25,27). The van der Waals surface area contributed by atoms with Crippen molar-refractivity contribution in [1.29, 1.82) is 0 Å². The van der Waals surface area contributed by atoms with Crippen molar-refractivity contribution in [2.75, 3.05) is 25.5 Å². The molecule has 176 valence electrons. The minimum Gasteiger partial charge on any atom is -0.495 e. The summed E-state index contributed by atoms with van der Waals surface area (Å²) < 4.78 is 38.2. The maximum absolute atomic E-state index is 12.9. The van der Waals surface area contributed by atoms with Crippen molar-refractivity contribution in [2.24, 2.45) is 0 Å². The molecule has 0 bridgehead atoms. The highest BCUT2D eigenvalue weighted by Gasteiger charge is 2.23. The molecule has 10 heteroatoms. The second-order valence-corrected chi connectivity index (χ2v) is 10.1. The predicted molar refractivity (Wildman–Crippen MR) is 129 cm³/mol. The number of rotatable bonds is 10. The fourth-order valence-corrected chi connectivity index (χ4v) is 5.29. The van der Waals surface area contributed by atoms with Gasteiger partial charge in [-0.1, -0.05) is 19.9 Å². The molecular formula is C23H27N3O5S2. The minimum absolute atomic E-state index is 0.0814. The molecule has 0 fully saturated rings. The Kier molecular flexibility index (Phi) is 8.06. The zero-order valence-electron chi connectivity index (χ0n) is 19.0. The van der Waals surface area contributed by atoms with Crippen LogP contribution in [0.2, 0.25) is 0 Å². The van der Waals surface area contributed by atoms with E-state index in [0.29, 0.717) is 36.8 Å². The zero-order valence-corrected chi connectivity index (χ0v) is 20.6. The van der Waals surface area contributed by atoms with E-state index in [0.717, 1.165) is 10.7 Å². The Morgan fingerprint density at radius 1 is 1.15 bits per heavy atom. The molecule has 1 amide bonds. The fourth-order valence-electron chi connectivity index (χ4n) is 3.21. The van der Waals surface area contributed by atoms with Crippen LogP contribution < -0.4 is 14.8 Å². The first kappa shape index (κ1) is 24.7. The Morgan fingerprint density at radius 2 is 1.91 bits per heavy atom. The van der Waals surface area contributed by atoms with Gasteiger partial charge in [-0.05, 0) is 43.3 Å². The number of thiazole rings is 1. The van der Waals surface area contributed by atoms with Crippen molar-refractivity contribution in [3.05, 3.63) is 64.1 Å². The van der Waals surface area contributed by atoms with Crippen LogP contribution in [0.3, 0.4) is 0 Å². The topological polar surface area (TPSA) is 97.8 Å². The fraction of sp³-hybridized carbons (Fsp3) is 0.304. The Morgan fingerprint density at radius 3 is 2.55 bits per heavy atom.